The smallest absolute Gasteiger partial charge is 0.0606 e. The first-order valence-corrected chi connectivity index (χ1v) is 7.46. The van der Waals surface area contributed by atoms with Crippen LogP contribution in [-0.2, 0) is 0 Å². The third kappa shape index (κ3) is 3.12. The van der Waals surface area contributed by atoms with Gasteiger partial charge in [-0.05, 0) is 42.1 Å². The molecule has 0 amide bonds. The zero-order valence-electron chi connectivity index (χ0n) is 11.5. The average Bonchev–Trinajstić information content (AvgIpc) is 2.85. The second kappa shape index (κ2) is 6.74. The predicted molar refractivity (Wildman–Crippen MR) is 85.3 cm³/mol. The maximum atomic E-state index is 9.13. The summed E-state index contributed by atoms with van der Waals surface area (Å²) in [6, 6.07) is 7.89. The molecule has 0 saturated heterocycles. The van der Waals surface area contributed by atoms with Gasteiger partial charge in [-0.1, -0.05) is 0 Å². The fourth-order valence-corrected chi connectivity index (χ4v) is 2.96. The van der Waals surface area contributed by atoms with Crippen LogP contribution < -0.4 is 10.6 Å². The molecule has 0 fully saturated rings. The van der Waals surface area contributed by atoms with Crippen molar-refractivity contribution in [3.8, 4) is 11.1 Å². The molecule has 0 aliphatic heterocycles. The molecule has 0 aliphatic carbocycles. The Balaban J connectivity index is 2.39. The molecule has 4 N–H and O–H groups in total. The molecule has 0 unspecified atom stereocenters. The number of nitrogen functional groups attached to an aromatic ring is 1. The second-order valence-electron chi connectivity index (χ2n) is 4.60. The van der Waals surface area contributed by atoms with Crippen molar-refractivity contribution in [2.75, 3.05) is 36.9 Å². The van der Waals surface area contributed by atoms with Gasteiger partial charge in [0.1, 0.15) is 0 Å². The van der Waals surface area contributed by atoms with E-state index in [1.807, 2.05) is 23.1 Å². The van der Waals surface area contributed by atoms with Crippen LogP contribution in [0.2, 0.25) is 0 Å². The van der Waals surface area contributed by atoms with Gasteiger partial charge in [-0.2, -0.15) is 0 Å². The first-order valence-electron chi connectivity index (χ1n) is 6.58. The van der Waals surface area contributed by atoms with E-state index in [1.54, 1.807) is 11.3 Å². The van der Waals surface area contributed by atoms with E-state index in [4.69, 9.17) is 15.9 Å². The van der Waals surface area contributed by atoms with Gasteiger partial charge in [0.05, 0.1) is 13.2 Å². The molecular formula is C15H20N2O2S. The van der Waals surface area contributed by atoms with Crippen molar-refractivity contribution in [2.45, 2.75) is 6.92 Å². The number of rotatable bonds is 6. The van der Waals surface area contributed by atoms with Crippen molar-refractivity contribution in [3.05, 3.63) is 34.5 Å². The molecular weight excluding hydrogens is 272 g/mol. The monoisotopic (exact) mass is 292 g/mol. The summed E-state index contributed by atoms with van der Waals surface area (Å²) in [5.74, 6) is 0. The van der Waals surface area contributed by atoms with Gasteiger partial charge in [-0.15, -0.1) is 11.3 Å². The number of anilines is 2. The Morgan fingerprint density at radius 3 is 2.35 bits per heavy atom. The summed E-state index contributed by atoms with van der Waals surface area (Å²) < 4.78 is 0. The minimum Gasteiger partial charge on any atom is -0.398 e. The van der Waals surface area contributed by atoms with Crippen LogP contribution in [0.15, 0.2) is 29.6 Å². The van der Waals surface area contributed by atoms with Gasteiger partial charge in [-0.3, -0.25) is 0 Å². The molecule has 1 aromatic heterocycles. The van der Waals surface area contributed by atoms with Crippen molar-refractivity contribution in [3.63, 3.8) is 0 Å². The van der Waals surface area contributed by atoms with Crippen LogP contribution in [-0.4, -0.2) is 36.5 Å². The van der Waals surface area contributed by atoms with E-state index in [0.29, 0.717) is 13.1 Å². The Kier molecular flexibility index (Phi) is 5.00. The van der Waals surface area contributed by atoms with Crippen LogP contribution in [0, 0.1) is 6.92 Å². The van der Waals surface area contributed by atoms with Crippen molar-refractivity contribution < 1.29 is 10.2 Å². The number of aliphatic hydroxyl groups is 2. The van der Waals surface area contributed by atoms with E-state index in [0.717, 1.165) is 22.5 Å². The van der Waals surface area contributed by atoms with Gasteiger partial charge in [0, 0.05) is 34.9 Å². The number of aliphatic hydroxyl groups excluding tert-OH is 2. The first kappa shape index (κ1) is 14.8. The Morgan fingerprint density at radius 2 is 1.80 bits per heavy atom. The zero-order valence-corrected chi connectivity index (χ0v) is 12.4. The molecule has 0 bridgehead atoms. The van der Waals surface area contributed by atoms with Gasteiger partial charge >= 0.3 is 0 Å². The SMILES string of the molecule is Cc1sccc1-c1cc(N(CCO)CCO)ccc1N. The molecule has 0 spiro atoms. The van der Waals surface area contributed by atoms with E-state index >= 15 is 0 Å². The fraction of sp³-hybridized carbons (Fsp3) is 0.333. The Bertz CT molecular complexity index is 563. The number of nitrogens with zero attached hydrogens (tertiary/aromatic N) is 1. The molecule has 2 aromatic rings. The van der Waals surface area contributed by atoms with Gasteiger partial charge in [0.15, 0.2) is 0 Å². The predicted octanol–water partition coefficient (Wildman–Crippen LogP) is 2.10. The summed E-state index contributed by atoms with van der Waals surface area (Å²) in [6.45, 7) is 3.17. The maximum absolute atomic E-state index is 9.13. The molecule has 5 heteroatoms. The highest BCUT2D eigenvalue weighted by atomic mass is 32.1. The molecule has 108 valence electrons. The number of hydrogen-bond donors (Lipinski definition) is 3. The Labute approximate surface area is 123 Å². The summed E-state index contributed by atoms with van der Waals surface area (Å²) in [5, 5.41) is 20.3. The standard InChI is InChI=1S/C15H20N2O2S/c1-11-13(4-9-20-11)14-10-12(2-3-15(14)16)17(5-7-18)6-8-19/h2-4,9-10,18-19H,5-8,16H2,1H3. The molecule has 0 radical (unpaired) electrons. The van der Waals surface area contributed by atoms with E-state index in [1.165, 1.54) is 4.88 Å². The summed E-state index contributed by atoms with van der Waals surface area (Å²) >= 11 is 1.69. The van der Waals surface area contributed by atoms with Crippen LogP contribution >= 0.6 is 11.3 Å². The van der Waals surface area contributed by atoms with Crippen LogP contribution in [0.25, 0.3) is 11.1 Å². The van der Waals surface area contributed by atoms with Gasteiger partial charge in [0.25, 0.3) is 0 Å². The zero-order chi connectivity index (χ0) is 14.5. The van der Waals surface area contributed by atoms with E-state index in [-0.39, 0.29) is 13.2 Å². The lowest BCUT2D eigenvalue weighted by Crippen LogP contribution is -2.29. The third-order valence-electron chi connectivity index (χ3n) is 3.29. The Hall–Kier alpha value is -1.56. The highest BCUT2D eigenvalue weighted by Gasteiger charge is 2.11. The number of nitrogens with two attached hydrogens (primary N) is 1. The van der Waals surface area contributed by atoms with E-state index in [9.17, 15) is 0 Å². The average molecular weight is 292 g/mol. The molecule has 20 heavy (non-hydrogen) atoms. The Morgan fingerprint density at radius 1 is 1.10 bits per heavy atom. The number of hydrogen-bond acceptors (Lipinski definition) is 5. The molecule has 1 heterocycles. The summed E-state index contributed by atoms with van der Waals surface area (Å²) in [4.78, 5) is 3.18. The highest BCUT2D eigenvalue weighted by Crippen LogP contribution is 2.34. The quantitative estimate of drug-likeness (QED) is 0.713. The van der Waals surface area contributed by atoms with Crippen LogP contribution in [0.4, 0.5) is 11.4 Å². The van der Waals surface area contributed by atoms with Gasteiger partial charge in [-0.25, -0.2) is 0 Å². The largest absolute Gasteiger partial charge is 0.398 e. The topological polar surface area (TPSA) is 69.7 Å². The lowest BCUT2D eigenvalue weighted by molar-refractivity contribution is 0.281. The van der Waals surface area contributed by atoms with Gasteiger partial charge in [0.2, 0.25) is 0 Å². The molecule has 0 saturated carbocycles. The first-order chi connectivity index (χ1) is 9.67. The lowest BCUT2D eigenvalue weighted by Gasteiger charge is -2.24. The summed E-state index contributed by atoms with van der Waals surface area (Å²) in [7, 11) is 0. The van der Waals surface area contributed by atoms with E-state index < -0.39 is 0 Å². The number of aryl methyl sites for hydroxylation is 1. The number of benzene rings is 1. The van der Waals surface area contributed by atoms with Crippen LogP contribution in [0.5, 0.6) is 0 Å². The molecule has 1 aromatic carbocycles. The maximum Gasteiger partial charge on any atom is 0.0606 e. The molecule has 0 aliphatic rings. The second-order valence-corrected chi connectivity index (χ2v) is 5.72. The fourth-order valence-electron chi connectivity index (χ4n) is 2.25. The number of thiophene rings is 1. The normalized spacial score (nSPS) is 10.8. The minimum absolute atomic E-state index is 0.0528. The van der Waals surface area contributed by atoms with Gasteiger partial charge < -0.3 is 20.8 Å². The summed E-state index contributed by atoms with van der Waals surface area (Å²) in [5.41, 5.74) is 9.93. The summed E-state index contributed by atoms with van der Waals surface area (Å²) in [6.07, 6.45) is 0. The molecule has 2 rings (SSSR count). The van der Waals surface area contributed by atoms with Crippen LogP contribution in [0.1, 0.15) is 4.88 Å². The van der Waals surface area contributed by atoms with E-state index in [2.05, 4.69) is 18.4 Å². The lowest BCUT2D eigenvalue weighted by atomic mass is 10.0. The third-order valence-corrected chi connectivity index (χ3v) is 4.14. The minimum atomic E-state index is 0.0528. The molecule has 0 atom stereocenters. The van der Waals surface area contributed by atoms with Crippen LogP contribution in [0.3, 0.4) is 0 Å². The highest BCUT2D eigenvalue weighted by molar-refractivity contribution is 7.10. The van der Waals surface area contributed by atoms with Crippen molar-refractivity contribution in [1.82, 2.24) is 0 Å². The van der Waals surface area contributed by atoms with Crippen molar-refractivity contribution in [2.24, 2.45) is 0 Å². The molecule has 4 nitrogen and oxygen atoms in total. The van der Waals surface area contributed by atoms with Crippen molar-refractivity contribution >= 4 is 22.7 Å². The van der Waals surface area contributed by atoms with Crippen molar-refractivity contribution in [1.29, 1.82) is 0 Å².